The molecule has 0 saturated heterocycles. The molecule has 86 valence electrons. The standard InChI is InChI=1S/C9H15N7/c1-7(2)16-6-11-13-9(16)5-15-4-8(3-10)12-14-15/h4,6-7H,3,5,10H2,1-2H3. The molecule has 0 atom stereocenters. The maximum Gasteiger partial charge on any atom is 0.154 e. The molecule has 0 fully saturated rings. The predicted octanol–water partition coefficient (Wildman–Crippen LogP) is -0.0425. The van der Waals surface area contributed by atoms with E-state index in [1.54, 1.807) is 11.0 Å². The lowest BCUT2D eigenvalue weighted by Gasteiger charge is -2.09. The summed E-state index contributed by atoms with van der Waals surface area (Å²) in [5, 5.41) is 15.8. The largest absolute Gasteiger partial charge is 0.325 e. The zero-order valence-corrected chi connectivity index (χ0v) is 9.41. The van der Waals surface area contributed by atoms with Crippen LogP contribution in [0.4, 0.5) is 0 Å². The van der Waals surface area contributed by atoms with Gasteiger partial charge in [-0.25, -0.2) is 4.68 Å². The maximum absolute atomic E-state index is 5.47. The predicted molar refractivity (Wildman–Crippen MR) is 57.4 cm³/mol. The Balaban J connectivity index is 2.17. The average Bonchev–Trinajstić information content (AvgIpc) is 2.87. The highest BCUT2D eigenvalue weighted by atomic mass is 15.4. The van der Waals surface area contributed by atoms with Crippen LogP contribution in [0.3, 0.4) is 0 Å². The quantitative estimate of drug-likeness (QED) is 0.782. The summed E-state index contributed by atoms with van der Waals surface area (Å²) in [5.41, 5.74) is 6.24. The van der Waals surface area contributed by atoms with Gasteiger partial charge in [-0.1, -0.05) is 5.21 Å². The molecule has 0 saturated carbocycles. The van der Waals surface area contributed by atoms with E-state index in [1.165, 1.54) is 0 Å². The van der Waals surface area contributed by atoms with Crippen molar-refractivity contribution in [3.05, 3.63) is 24.0 Å². The molecule has 7 nitrogen and oxygen atoms in total. The van der Waals surface area contributed by atoms with Crippen LogP contribution in [-0.2, 0) is 13.1 Å². The lowest BCUT2D eigenvalue weighted by molar-refractivity contribution is 0.532. The Labute approximate surface area is 93.3 Å². The van der Waals surface area contributed by atoms with E-state index in [0.29, 0.717) is 19.1 Å². The lowest BCUT2D eigenvalue weighted by atomic mass is 10.4. The maximum atomic E-state index is 5.47. The highest BCUT2D eigenvalue weighted by Crippen LogP contribution is 2.07. The van der Waals surface area contributed by atoms with Gasteiger partial charge in [-0.3, -0.25) is 0 Å². The van der Waals surface area contributed by atoms with Crippen LogP contribution in [0.15, 0.2) is 12.5 Å². The smallest absolute Gasteiger partial charge is 0.154 e. The molecule has 0 spiro atoms. The van der Waals surface area contributed by atoms with Crippen LogP contribution in [-0.4, -0.2) is 29.8 Å². The van der Waals surface area contributed by atoms with Crippen molar-refractivity contribution in [3.8, 4) is 0 Å². The van der Waals surface area contributed by atoms with Crippen LogP contribution in [0.1, 0.15) is 31.4 Å². The first-order valence-electron chi connectivity index (χ1n) is 5.18. The Morgan fingerprint density at radius 2 is 2.19 bits per heavy atom. The van der Waals surface area contributed by atoms with Crippen molar-refractivity contribution in [1.29, 1.82) is 0 Å². The minimum absolute atomic E-state index is 0.336. The molecule has 0 aliphatic carbocycles. The van der Waals surface area contributed by atoms with Crippen molar-refractivity contribution in [2.75, 3.05) is 0 Å². The molecule has 0 aromatic carbocycles. The molecule has 0 aliphatic rings. The van der Waals surface area contributed by atoms with Crippen molar-refractivity contribution in [2.45, 2.75) is 33.0 Å². The van der Waals surface area contributed by atoms with Crippen molar-refractivity contribution in [2.24, 2.45) is 5.73 Å². The number of rotatable bonds is 4. The second-order valence-corrected chi connectivity index (χ2v) is 3.86. The van der Waals surface area contributed by atoms with Crippen molar-refractivity contribution in [3.63, 3.8) is 0 Å². The minimum atomic E-state index is 0.336. The molecule has 7 heteroatoms. The van der Waals surface area contributed by atoms with Gasteiger partial charge in [-0.15, -0.1) is 15.3 Å². The molecule has 0 amide bonds. The second-order valence-electron chi connectivity index (χ2n) is 3.86. The van der Waals surface area contributed by atoms with Gasteiger partial charge < -0.3 is 10.3 Å². The van der Waals surface area contributed by atoms with E-state index in [9.17, 15) is 0 Å². The van der Waals surface area contributed by atoms with Gasteiger partial charge in [0.05, 0.1) is 11.9 Å². The Hall–Kier alpha value is -1.76. The number of hydrogen-bond acceptors (Lipinski definition) is 5. The summed E-state index contributed by atoms with van der Waals surface area (Å²) in [6.45, 7) is 5.13. The third kappa shape index (κ3) is 2.08. The Morgan fingerprint density at radius 3 is 2.81 bits per heavy atom. The van der Waals surface area contributed by atoms with Crippen LogP contribution in [0.5, 0.6) is 0 Å². The summed E-state index contributed by atoms with van der Waals surface area (Å²) >= 11 is 0. The molecule has 0 bridgehead atoms. The summed E-state index contributed by atoms with van der Waals surface area (Å²) in [6, 6.07) is 0.336. The molecule has 2 N–H and O–H groups in total. The molecule has 16 heavy (non-hydrogen) atoms. The zero-order chi connectivity index (χ0) is 11.5. The van der Waals surface area contributed by atoms with E-state index in [4.69, 9.17) is 5.73 Å². The fourth-order valence-corrected chi connectivity index (χ4v) is 1.47. The van der Waals surface area contributed by atoms with Gasteiger partial charge in [-0.05, 0) is 13.8 Å². The van der Waals surface area contributed by atoms with Crippen LogP contribution in [0, 0.1) is 0 Å². The second kappa shape index (κ2) is 4.40. The van der Waals surface area contributed by atoms with Gasteiger partial charge in [0.1, 0.15) is 12.9 Å². The molecular weight excluding hydrogens is 206 g/mol. The number of hydrogen-bond donors (Lipinski definition) is 1. The van der Waals surface area contributed by atoms with E-state index >= 15 is 0 Å². The average molecular weight is 221 g/mol. The van der Waals surface area contributed by atoms with Gasteiger partial charge in [0.25, 0.3) is 0 Å². The van der Waals surface area contributed by atoms with Gasteiger partial charge in [-0.2, -0.15) is 0 Å². The first-order valence-corrected chi connectivity index (χ1v) is 5.18. The van der Waals surface area contributed by atoms with E-state index in [-0.39, 0.29) is 0 Å². The fourth-order valence-electron chi connectivity index (χ4n) is 1.47. The third-order valence-electron chi connectivity index (χ3n) is 2.30. The Morgan fingerprint density at radius 1 is 1.38 bits per heavy atom. The lowest BCUT2D eigenvalue weighted by Crippen LogP contribution is -2.10. The Kier molecular flexibility index (Phi) is 2.95. The molecule has 2 rings (SSSR count). The summed E-state index contributed by atoms with van der Waals surface area (Å²) in [7, 11) is 0. The third-order valence-corrected chi connectivity index (χ3v) is 2.30. The Bertz CT molecular complexity index is 456. The molecule has 0 aliphatic heterocycles. The molecule has 2 heterocycles. The minimum Gasteiger partial charge on any atom is -0.325 e. The van der Waals surface area contributed by atoms with E-state index in [1.807, 2.05) is 10.8 Å². The normalized spacial score (nSPS) is 11.2. The van der Waals surface area contributed by atoms with Crippen molar-refractivity contribution < 1.29 is 0 Å². The zero-order valence-electron chi connectivity index (χ0n) is 9.41. The fraction of sp³-hybridized carbons (Fsp3) is 0.556. The monoisotopic (exact) mass is 221 g/mol. The van der Waals surface area contributed by atoms with Gasteiger partial charge in [0.15, 0.2) is 5.82 Å². The number of aromatic nitrogens is 6. The molecule has 0 radical (unpaired) electrons. The molecule has 2 aromatic heterocycles. The summed E-state index contributed by atoms with van der Waals surface area (Å²) in [4.78, 5) is 0. The number of nitrogens with zero attached hydrogens (tertiary/aromatic N) is 6. The highest BCUT2D eigenvalue weighted by molar-refractivity contribution is 4.94. The van der Waals surface area contributed by atoms with E-state index < -0.39 is 0 Å². The summed E-state index contributed by atoms with van der Waals surface area (Å²) in [6.07, 6.45) is 3.54. The molecule has 2 aromatic rings. The summed E-state index contributed by atoms with van der Waals surface area (Å²) < 4.78 is 3.72. The molecule has 0 unspecified atom stereocenters. The van der Waals surface area contributed by atoms with Crippen LogP contribution >= 0.6 is 0 Å². The highest BCUT2D eigenvalue weighted by Gasteiger charge is 2.08. The van der Waals surface area contributed by atoms with Gasteiger partial charge >= 0.3 is 0 Å². The first-order chi connectivity index (χ1) is 7.70. The molecular formula is C9H15N7. The van der Waals surface area contributed by atoms with E-state index in [0.717, 1.165) is 11.5 Å². The van der Waals surface area contributed by atoms with Gasteiger partial charge in [0, 0.05) is 12.6 Å². The topological polar surface area (TPSA) is 87.4 Å². The van der Waals surface area contributed by atoms with Crippen LogP contribution in [0.2, 0.25) is 0 Å². The SMILES string of the molecule is CC(C)n1cnnc1Cn1cc(CN)nn1. The number of nitrogens with two attached hydrogens (primary N) is 1. The first kappa shape index (κ1) is 10.7. The van der Waals surface area contributed by atoms with Crippen LogP contribution < -0.4 is 5.73 Å². The van der Waals surface area contributed by atoms with Gasteiger partial charge in [0.2, 0.25) is 0 Å². The van der Waals surface area contributed by atoms with Crippen LogP contribution in [0.25, 0.3) is 0 Å². The van der Waals surface area contributed by atoms with Crippen molar-refractivity contribution >= 4 is 0 Å². The van der Waals surface area contributed by atoms with E-state index in [2.05, 4.69) is 34.4 Å². The van der Waals surface area contributed by atoms with Crippen molar-refractivity contribution in [1.82, 2.24) is 29.8 Å². The summed E-state index contributed by atoms with van der Waals surface area (Å²) in [5.74, 6) is 0.864.